The van der Waals surface area contributed by atoms with E-state index in [1.165, 1.54) is 18.2 Å². The van der Waals surface area contributed by atoms with Crippen LogP contribution in [0.15, 0.2) is 18.2 Å². The van der Waals surface area contributed by atoms with Crippen molar-refractivity contribution in [2.45, 2.75) is 6.42 Å². The van der Waals surface area contributed by atoms with Crippen LogP contribution in [-0.2, 0) is 4.84 Å². The standard InChI is InChI=1S/C10H9ClFNO2/c11-8-4-1-3-7(9(8)12)10(14)13-5-2-6-15-13/h1,3-4H,2,5-6H2. The predicted octanol–water partition coefficient (Wildman–Crippen LogP) is 2.26. The molecule has 0 unspecified atom stereocenters. The number of carbonyl (C=O) groups is 1. The molecule has 0 atom stereocenters. The molecule has 3 nitrogen and oxygen atoms in total. The average molecular weight is 230 g/mol. The van der Waals surface area contributed by atoms with Crippen LogP contribution >= 0.6 is 11.6 Å². The summed E-state index contributed by atoms with van der Waals surface area (Å²) in [5, 5.41) is 1.11. The van der Waals surface area contributed by atoms with Crippen molar-refractivity contribution in [3.8, 4) is 0 Å². The minimum atomic E-state index is -0.695. The van der Waals surface area contributed by atoms with Crippen LogP contribution in [-0.4, -0.2) is 24.1 Å². The number of rotatable bonds is 1. The molecule has 1 aliphatic heterocycles. The van der Waals surface area contributed by atoms with Crippen molar-refractivity contribution in [3.05, 3.63) is 34.6 Å². The van der Waals surface area contributed by atoms with E-state index in [1.54, 1.807) is 0 Å². The summed E-state index contributed by atoms with van der Waals surface area (Å²) in [7, 11) is 0. The van der Waals surface area contributed by atoms with Gasteiger partial charge in [0, 0.05) is 0 Å². The molecule has 1 heterocycles. The molecule has 1 aliphatic rings. The quantitative estimate of drug-likeness (QED) is 0.739. The Kier molecular flexibility index (Phi) is 2.88. The highest BCUT2D eigenvalue weighted by molar-refractivity contribution is 6.31. The summed E-state index contributed by atoms with van der Waals surface area (Å²) in [5.74, 6) is -1.17. The third kappa shape index (κ3) is 1.96. The SMILES string of the molecule is O=C(c1cccc(Cl)c1F)N1CCCO1. The number of nitrogens with zero attached hydrogens (tertiary/aromatic N) is 1. The van der Waals surface area contributed by atoms with Crippen LogP contribution < -0.4 is 0 Å². The summed E-state index contributed by atoms with van der Waals surface area (Å²) < 4.78 is 13.5. The third-order valence-electron chi connectivity index (χ3n) is 2.16. The molecule has 0 aromatic heterocycles. The maximum absolute atomic E-state index is 13.5. The molecule has 1 saturated heterocycles. The summed E-state index contributed by atoms with van der Waals surface area (Å²) >= 11 is 5.58. The van der Waals surface area contributed by atoms with Gasteiger partial charge in [0.1, 0.15) is 0 Å². The van der Waals surface area contributed by atoms with Crippen LogP contribution in [0, 0.1) is 5.82 Å². The lowest BCUT2D eigenvalue weighted by Gasteiger charge is -2.14. The van der Waals surface area contributed by atoms with Gasteiger partial charge in [-0.05, 0) is 18.6 Å². The monoisotopic (exact) mass is 229 g/mol. The molecule has 0 saturated carbocycles. The molecule has 1 fully saturated rings. The Morgan fingerprint density at radius 1 is 1.53 bits per heavy atom. The van der Waals surface area contributed by atoms with Crippen LogP contribution in [0.2, 0.25) is 5.02 Å². The Morgan fingerprint density at radius 2 is 2.33 bits per heavy atom. The first-order chi connectivity index (χ1) is 7.20. The van der Waals surface area contributed by atoms with Gasteiger partial charge in [-0.1, -0.05) is 17.7 Å². The summed E-state index contributed by atoms with van der Waals surface area (Å²) in [6, 6.07) is 4.33. The van der Waals surface area contributed by atoms with Crippen LogP contribution in [0.3, 0.4) is 0 Å². The highest BCUT2D eigenvalue weighted by Crippen LogP contribution is 2.20. The second-order valence-corrected chi connectivity index (χ2v) is 3.60. The Morgan fingerprint density at radius 3 is 3.00 bits per heavy atom. The van der Waals surface area contributed by atoms with Gasteiger partial charge < -0.3 is 0 Å². The van der Waals surface area contributed by atoms with Gasteiger partial charge in [0.15, 0.2) is 5.82 Å². The number of amides is 1. The van der Waals surface area contributed by atoms with Crippen molar-refractivity contribution in [3.63, 3.8) is 0 Å². The van der Waals surface area contributed by atoms with E-state index in [9.17, 15) is 9.18 Å². The molecule has 5 heteroatoms. The highest BCUT2D eigenvalue weighted by Gasteiger charge is 2.24. The zero-order valence-corrected chi connectivity index (χ0v) is 8.63. The van der Waals surface area contributed by atoms with Gasteiger partial charge in [0.25, 0.3) is 5.91 Å². The smallest absolute Gasteiger partial charge is 0.271 e. The first-order valence-corrected chi connectivity index (χ1v) is 4.97. The normalized spacial score (nSPS) is 15.7. The molecule has 1 aromatic rings. The summed E-state index contributed by atoms with van der Waals surface area (Å²) in [6.07, 6.45) is 0.772. The van der Waals surface area contributed by atoms with Gasteiger partial charge in [-0.25, -0.2) is 9.45 Å². The van der Waals surface area contributed by atoms with E-state index in [0.29, 0.717) is 13.2 Å². The lowest BCUT2D eigenvalue weighted by Crippen LogP contribution is -2.27. The molecule has 0 N–H and O–H groups in total. The molecule has 15 heavy (non-hydrogen) atoms. The fourth-order valence-electron chi connectivity index (χ4n) is 1.41. The molecule has 80 valence electrons. The number of benzene rings is 1. The van der Waals surface area contributed by atoms with E-state index in [-0.39, 0.29) is 10.6 Å². The largest absolute Gasteiger partial charge is 0.280 e. The molecular formula is C10H9ClFNO2. The van der Waals surface area contributed by atoms with Crippen LogP contribution in [0.5, 0.6) is 0 Å². The van der Waals surface area contributed by atoms with Crippen LogP contribution in [0.1, 0.15) is 16.8 Å². The highest BCUT2D eigenvalue weighted by atomic mass is 35.5. The van der Waals surface area contributed by atoms with E-state index >= 15 is 0 Å². The Labute approximate surface area is 91.3 Å². The van der Waals surface area contributed by atoms with Gasteiger partial charge >= 0.3 is 0 Å². The van der Waals surface area contributed by atoms with Gasteiger partial charge in [-0.3, -0.25) is 9.63 Å². The average Bonchev–Trinajstić information content (AvgIpc) is 2.74. The van der Waals surface area contributed by atoms with Crippen molar-refractivity contribution in [1.82, 2.24) is 5.06 Å². The fourth-order valence-corrected chi connectivity index (χ4v) is 1.59. The maximum Gasteiger partial charge on any atom is 0.280 e. The molecule has 2 rings (SSSR count). The van der Waals surface area contributed by atoms with Crippen molar-refractivity contribution < 1.29 is 14.0 Å². The summed E-state index contributed by atoms with van der Waals surface area (Å²) in [6.45, 7) is 0.985. The Hall–Kier alpha value is -1.13. The lowest BCUT2D eigenvalue weighted by molar-refractivity contribution is -0.0770. The fraction of sp³-hybridized carbons (Fsp3) is 0.300. The molecule has 0 radical (unpaired) electrons. The number of hydrogen-bond donors (Lipinski definition) is 0. The van der Waals surface area contributed by atoms with Crippen LogP contribution in [0.4, 0.5) is 4.39 Å². The first kappa shape index (κ1) is 10.4. The molecule has 1 amide bonds. The number of hydroxylamine groups is 2. The topological polar surface area (TPSA) is 29.5 Å². The second kappa shape index (κ2) is 4.16. The molecular weight excluding hydrogens is 221 g/mol. The number of carbonyl (C=O) groups excluding carboxylic acids is 1. The molecule has 1 aromatic carbocycles. The van der Waals surface area contributed by atoms with E-state index in [2.05, 4.69) is 0 Å². The third-order valence-corrected chi connectivity index (χ3v) is 2.45. The zero-order valence-electron chi connectivity index (χ0n) is 7.87. The van der Waals surface area contributed by atoms with Gasteiger partial charge in [0.05, 0.1) is 23.7 Å². The van der Waals surface area contributed by atoms with E-state index < -0.39 is 11.7 Å². The predicted molar refractivity (Wildman–Crippen MR) is 53.0 cm³/mol. The summed E-state index contributed by atoms with van der Waals surface area (Å²) in [4.78, 5) is 16.8. The first-order valence-electron chi connectivity index (χ1n) is 4.59. The molecule has 0 bridgehead atoms. The van der Waals surface area contributed by atoms with Crippen molar-refractivity contribution in [2.75, 3.05) is 13.2 Å². The van der Waals surface area contributed by atoms with Crippen molar-refractivity contribution >= 4 is 17.5 Å². The number of halogens is 2. The van der Waals surface area contributed by atoms with Crippen molar-refractivity contribution in [2.24, 2.45) is 0 Å². The van der Waals surface area contributed by atoms with Gasteiger partial charge in [-0.2, -0.15) is 0 Å². The lowest BCUT2D eigenvalue weighted by atomic mass is 10.2. The number of hydrogen-bond acceptors (Lipinski definition) is 2. The van der Waals surface area contributed by atoms with Crippen molar-refractivity contribution in [1.29, 1.82) is 0 Å². The van der Waals surface area contributed by atoms with Gasteiger partial charge in [0.2, 0.25) is 0 Å². The Balaban J connectivity index is 2.28. The van der Waals surface area contributed by atoms with E-state index in [0.717, 1.165) is 11.5 Å². The summed E-state index contributed by atoms with van der Waals surface area (Å²) in [5.41, 5.74) is -0.0515. The molecule has 0 aliphatic carbocycles. The van der Waals surface area contributed by atoms with Gasteiger partial charge in [-0.15, -0.1) is 0 Å². The van der Waals surface area contributed by atoms with Crippen LogP contribution in [0.25, 0.3) is 0 Å². The minimum absolute atomic E-state index is 0.0515. The minimum Gasteiger partial charge on any atom is -0.271 e. The second-order valence-electron chi connectivity index (χ2n) is 3.20. The maximum atomic E-state index is 13.5. The van der Waals surface area contributed by atoms with E-state index in [1.807, 2.05) is 0 Å². The van der Waals surface area contributed by atoms with E-state index in [4.69, 9.17) is 16.4 Å². The Bertz CT molecular complexity index is 391. The zero-order chi connectivity index (χ0) is 10.8. The molecule has 0 spiro atoms.